The first-order valence-electron chi connectivity index (χ1n) is 7.56. The molecule has 1 fully saturated rings. The van der Waals surface area contributed by atoms with Crippen LogP contribution in [0.4, 0.5) is 18.9 Å². The highest BCUT2D eigenvalue weighted by molar-refractivity contribution is 5.52. The topological polar surface area (TPSA) is 29.3 Å². The van der Waals surface area contributed by atoms with Crippen molar-refractivity contribution in [1.29, 1.82) is 0 Å². The number of benzene rings is 1. The number of nitrogens with zero attached hydrogens (tertiary/aromatic N) is 1. The van der Waals surface area contributed by atoms with Crippen LogP contribution in [-0.2, 0) is 12.7 Å². The second-order valence-corrected chi connectivity index (χ2v) is 5.80. The van der Waals surface area contributed by atoms with Crippen LogP contribution in [0.3, 0.4) is 0 Å². The minimum absolute atomic E-state index is 0.0960. The van der Waals surface area contributed by atoms with E-state index < -0.39 is 11.7 Å². The molecule has 21 heavy (non-hydrogen) atoms. The van der Waals surface area contributed by atoms with Gasteiger partial charge in [0.15, 0.2) is 0 Å². The average molecular weight is 300 g/mol. The van der Waals surface area contributed by atoms with Gasteiger partial charge in [0.05, 0.1) is 5.56 Å². The summed E-state index contributed by atoms with van der Waals surface area (Å²) < 4.78 is 38.7. The van der Waals surface area contributed by atoms with E-state index in [1.54, 1.807) is 12.1 Å². The zero-order chi connectivity index (χ0) is 15.5. The van der Waals surface area contributed by atoms with E-state index in [1.165, 1.54) is 25.7 Å². The van der Waals surface area contributed by atoms with Gasteiger partial charge in [-0.05, 0) is 36.6 Å². The Labute approximate surface area is 124 Å². The molecule has 1 aliphatic carbocycles. The van der Waals surface area contributed by atoms with Gasteiger partial charge in [-0.3, -0.25) is 0 Å². The van der Waals surface area contributed by atoms with Gasteiger partial charge in [0.2, 0.25) is 0 Å². The molecule has 2 N–H and O–H groups in total. The van der Waals surface area contributed by atoms with E-state index >= 15 is 0 Å². The number of hydrogen-bond acceptors (Lipinski definition) is 2. The minimum atomic E-state index is -4.34. The van der Waals surface area contributed by atoms with Gasteiger partial charge in [0, 0.05) is 25.3 Å². The van der Waals surface area contributed by atoms with Crippen LogP contribution in [0.25, 0.3) is 0 Å². The quantitative estimate of drug-likeness (QED) is 0.842. The van der Waals surface area contributed by atoms with E-state index in [4.69, 9.17) is 5.73 Å². The molecule has 1 aromatic carbocycles. The smallest absolute Gasteiger partial charge is 0.372 e. The molecule has 0 amide bonds. The molecule has 0 unspecified atom stereocenters. The Morgan fingerprint density at radius 2 is 1.76 bits per heavy atom. The SMILES string of the molecule is CN(c1ccc(C(F)(F)F)c(CN)c1)C1CCCCCC1. The molecular weight excluding hydrogens is 277 g/mol. The summed E-state index contributed by atoms with van der Waals surface area (Å²) in [6, 6.07) is 4.72. The van der Waals surface area contributed by atoms with E-state index in [2.05, 4.69) is 4.90 Å². The number of hydrogen-bond donors (Lipinski definition) is 1. The van der Waals surface area contributed by atoms with Crippen LogP contribution < -0.4 is 10.6 Å². The third-order valence-electron chi connectivity index (χ3n) is 4.39. The fourth-order valence-corrected chi connectivity index (χ4v) is 3.10. The molecule has 0 aliphatic heterocycles. The summed E-state index contributed by atoms with van der Waals surface area (Å²) in [5, 5.41) is 0. The molecule has 0 bridgehead atoms. The lowest BCUT2D eigenvalue weighted by Crippen LogP contribution is -2.31. The highest BCUT2D eigenvalue weighted by Gasteiger charge is 2.33. The first-order chi connectivity index (χ1) is 9.93. The average Bonchev–Trinajstić information content (AvgIpc) is 2.73. The van der Waals surface area contributed by atoms with Crippen molar-refractivity contribution in [3.05, 3.63) is 29.3 Å². The predicted molar refractivity (Wildman–Crippen MR) is 79.2 cm³/mol. The zero-order valence-electron chi connectivity index (χ0n) is 12.4. The van der Waals surface area contributed by atoms with Crippen LogP contribution >= 0.6 is 0 Å². The maximum absolute atomic E-state index is 12.9. The molecule has 1 aromatic rings. The van der Waals surface area contributed by atoms with Crippen LogP contribution in [0.2, 0.25) is 0 Å². The van der Waals surface area contributed by atoms with Crippen LogP contribution in [-0.4, -0.2) is 13.1 Å². The minimum Gasteiger partial charge on any atom is -0.372 e. The van der Waals surface area contributed by atoms with Gasteiger partial charge in [-0.25, -0.2) is 0 Å². The molecule has 0 atom stereocenters. The van der Waals surface area contributed by atoms with E-state index in [0.29, 0.717) is 6.04 Å². The first-order valence-corrected chi connectivity index (χ1v) is 7.56. The number of anilines is 1. The van der Waals surface area contributed by atoms with Gasteiger partial charge in [-0.1, -0.05) is 25.7 Å². The Balaban J connectivity index is 2.23. The van der Waals surface area contributed by atoms with Crippen molar-refractivity contribution in [2.75, 3.05) is 11.9 Å². The molecule has 0 heterocycles. The van der Waals surface area contributed by atoms with Crippen molar-refractivity contribution in [2.45, 2.75) is 57.3 Å². The monoisotopic (exact) mass is 300 g/mol. The summed E-state index contributed by atoms with van der Waals surface area (Å²) in [5.74, 6) is 0. The summed E-state index contributed by atoms with van der Waals surface area (Å²) in [6.45, 7) is -0.0960. The van der Waals surface area contributed by atoms with Gasteiger partial charge in [0.25, 0.3) is 0 Å². The lowest BCUT2D eigenvalue weighted by atomic mass is 10.0. The fourth-order valence-electron chi connectivity index (χ4n) is 3.10. The summed E-state index contributed by atoms with van der Waals surface area (Å²) in [5.41, 5.74) is 5.88. The molecule has 1 saturated carbocycles. The van der Waals surface area contributed by atoms with Crippen molar-refractivity contribution in [2.24, 2.45) is 5.73 Å². The molecular formula is C16H23F3N2. The lowest BCUT2D eigenvalue weighted by Gasteiger charge is -2.30. The Morgan fingerprint density at radius 3 is 2.29 bits per heavy atom. The second kappa shape index (κ2) is 6.69. The lowest BCUT2D eigenvalue weighted by molar-refractivity contribution is -0.138. The van der Waals surface area contributed by atoms with E-state index in [9.17, 15) is 13.2 Å². The number of nitrogens with two attached hydrogens (primary N) is 1. The van der Waals surface area contributed by atoms with E-state index in [1.807, 2.05) is 7.05 Å². The molecule has 5 heteroatoms. The zero-order valence-corrected chi connectivity index (χ0v) is 12.4. The number of halogens is 3. The molecule has 0 saturated heterocycles. The number of rotatable bonds is 3. The normalized spacial score (nSPS) is 17.6. The standard InChI is InChI=1S/C16H23F3N2/c1-21(13-6-4-2-3-5-7-13)14-8-9-15(16(17,18)19)12(10-14)11-20/h8-10,13H,2-7,11,20H2,1H3. The Morgan fingerprint density at radius 1 is 1.14 bits per heavy atom. The summed E-state index contributed by atoms with van der Waals surface area (Å²) >= 11 is 0. The molecule has 118 valence electrons. The van der Waals surface area contributed by atoms with Gasteiger partial charge in [-0.2, -0.15) is 13.2 Å². The van der Waals surface area contributed by atoms with Crippen LogP contribution in [0.15, 0.2) is 18.2 Å². The second-order valence-electron chi connectivity index (χ2n) is 5.80. The maximum atomic E-state index is 12.9. The predicted octanol–water partition coefficient (Wildman–Crippen LogP) is 4.32. The van der Waals surface area contributed by atoms with Gasteiger partial charge in [0.1, 0.15) is 0 Å². The van der Waals surface area contributed by atoms with Gasteiger partial charge < -0.3 is 10.6 Å². The molecule has 1 aliphatic rings. The molecule has 0 radical (unpaired) electrons. The fraction of sp³-hybridized carbons (Fsp3) is 0.625. The van der Waals surface area contributed by atoms with Crippen LogP contribution in [0.1, 0.15) is 49.7 Å². The van der Waals surface area contributed by atoms with Crippen LogP contribution in [0.5, 0.6) is 0 Å². The highest BCUT2D eigenvalue weighted by Crippen LogP contribution is 2.34. The summed E-state index contributed by atoms with van der Waals surface area (Å²) in [6.07, 6.45) is 2.77. The molecule has 0 spiro atoms. The Bertz CT molecular complexity index is 463. The third kappa shape index (κ3) is 3.90. The van der Waals surface area contributed by atoms with Crippen molar-refractivity contribution in [3.63, 3.8) is 0 Å². The van der Waals surface area contributed by atoms with Crippen molar-refractivity contribution < 1.29 is 13.2 Å². The molecule has 0 aromatic heterocycles. The summed E-state index contributed by atoms with van der Waals surface area (Å²) in [7, 11) is 1.97. The van der Waals surface area contributed by atoms with Crippen molar-refractivity contribution in [3.8, 4) is 0 Å². The number of alkyl halides is 3. The first kappa shape index (κ1) is 16.1. The van der Waals surface area contributed by atoms with Crippen molar-refractivity contribution >= 4 is 5.69 Å². The van der Waals surface area contributed by atoms with E-state index in [0.717, 1.165) is 24.6 Å². The van der Waals surface area contributed by atoms with Gasteiger partial charge in [-0.15, -0.1) is 0 Å². The van der Waals surface area contributed by atoms with Crippen molar-refractivity contribution in [1.82, 2.24) is 0 Å². The molecule has 2 rings (SSSR count). The third-order valence-corrected chi connectivity index (χ3v) is 4.39. The Kier molecular flexibility index (Phi) is 5.14. The highest BCUT2D eigenvalue weighted by atomic mass is 19.4. The van der Waals surface area contributed by atoms with E-state index in [-0.39, 0.29) is 12.1 Å². The maximum Gasteiger partial charge on any atom is 0.416 e. The van der Waals surface area contributed by atoms with Crippen LogP contribution in [0, 0.1) is 0 Å². The summed E-state index contributed by atoms with van der Waals surface area (Å²) in [4.78, 5) is 2.12. The van der Waals surface area contributed by atoms with Gasteiger partial charge >= 0.3 is 6.18 Å². The molecule has 2 nitrogen and oxygen atoms in total. The Hall–Kier alpha value is -1.23. The largest absolute Gasteiger partial charge is 0.416 e.